The van der Waals surface area contributed by atoms with E-state index in [2.05, 4.69) is 15.6 Å². The van der Waals surface area contributed by atoms with Crippen LogP contribution in [0.15, 0.2) is 82.7 Å². The summed E-state index contributed by atoms with van der Waals surface area (Å²) in [5.41, 5.74) is 1.07. The Morgan fingerprint density at radius 3 is 2.55 bits per heavy atom. The minimum absolute atomic E-state index is 0.0368. The van der Waals surface area contributed by atoms with E-state index < -0.39 is 34.2 Å². The molecule has 192 valence electrons. The molecular formula is C26H19N3O7S2. The Kier molecular flexibility index (Phi) is 6.66. The molecule has 1 aliphatic heterocycles. The van der Waals surface area contributed by atoms with Crippen LogP contribution in [-0.4, -0.2) is 42.9 Å². The molecule has 2 amide bonds. The minimum atomic E-state index is -3.96. The highest BCUT2D eigenvalue weighted by molar-refractivity contribution is 7.91. The molecule has 0 bridgehead atoms. The average Bonchev–Trinajstić information content (AvgIpc) is 3.37. The Bertz CT molecular complexity index is 1680. The Morgan fingerprint density at radius 1 is 1.03 bits per heavy atom. The predicted octanol–water partition coefficient (Wildman–Crippen LogP) is 3.60. The quantitative estimate of drug-likeness (QED) is 0.316. The van der Waals surface area contributed by atoms with Crippen molar-refractivity contribution in [2.24, 2.45) is 0 Å². The van der Waals surface area contributed by atoms with Crippen LogP contribution in [0.2, 0.25) is 0 Å². The van der Waals surface area contributed by atoms with Crippen LogP contribution in [0.5, 0.6) is 5.75 Å². The van der Waals surface area contributed by atoms with Crippen molar-refractivity contribution in [3.63, 3.8) is 0 Å². The molecule has 3 aromatic carbocycles. The highest BCUT2D eigenvalue weighted by Crippen LogP contribution is 2.34. The number of thiazole rings is 1. The van der Waals surface area contributed by atoms with Crippen LogP contribution in [0.3, 0.4) is 0 Å². The van der Waals surface area contributed by atoms with E-state index in [9.17, 15) is 22.8 Å². The molecule has 1 aliphatic rings. The molecule has 0 radical (unpaired) electrons. The number of aliphatic carboxylic acids is 1. The van der Waals surface area contributed by atoms with Crippen LogP contribution in [0, 0.1) is 0 Å². The summed E-state index contributed by atoms with van der Waals surface area (Å²) in [5, 5.41) is 14.8. The number of ether oxygens (including phenoxy) is 1. The number of aromatic nitrogens is 1. The van der Waals surface area contributed by atoms with Crippen LogP contribution in [0.25, 0.3) is 10.6 Å². The van der Waals surface area contributed by atoms with E-state index in [-0.39, 0.29) is 33.2 Å². The van der Waals surface area contributed by atoms with Crippen LogP contribution in [0.4, 0.5) is 5.69 Å². The molecule has 0 saturated heterocycles. The fourth-order valence-corrected chi connectivity index (χ4v) is 6.28. The fourth-order valence-electron chi connectivity index (χ4n) is 3.83. The standard InChI is InChI=1S/C26H19N3O7S2/c30-23(31)14-36-17-8-5-15(6-9-17)26-28-13-18(37-26)12-27-24(32)16-7-10-22-20(11-16)29-25(33)19-3-1-2-4-21(19)38(22,34)35/h1-11,13H,12,14H2,(H,27,32)(H,29,33)(H,30,31). The van der Waals surface area contributed by atoms with Crippen molar-refractivity contribution in [3.8, 4) is 16.3 Å². The summed E-state index contributed by atoms with van der Waals surface area (Å²) in [4.78, 5) is 41.1. The van der Waals surface area contributed by atoms with E-state index in [1.54, 1.807) is 42.6 Å². The molecule has 38 heavy (non-hydrogen) atoms. The van der Waals surface area contributed by atoms with Crippen molar-refractivity contribution in [3.05, 3.63) is 88.9 Å². The average molecular weight is 550 g/mol. The first-order valence-electron chi connectivity index (χ1n) is 11.2. The van der Waals surface area contributed by atoms with Gasteiger partial charge >= 0.3 is 5.97 Å². The molecule has 0 aliphatic carbocycles. The molecule has 2 heterocycles. The number of sulfone groups is 1. The van der Waals surface area contributed by atoms with Crippen molar-refractivity contribution in [1.29, 1.82) is 0 Å². The van der Waals surface area contributed by atoms with Gasteiger partial charge in [-0.3, -0.25) is 9.59 Å². The Balaban J connectivity index is 1.28. The van der Waals surface area contributed by atoms with Gasteiger partial charge in [0.15, 0.2) is 6.61 Å². The number of benzene rings is 3. The first-order chi connectivity index (χ1) is 18.2. The van der Waals surface area contributed by atoms with Gasteiger partial charge in [-0.1, -0.05) is 12.1 Å². The molecule has 3 N–H and O–H groups in total. The number of nitrogens with zero attached hydrogens (tertiary/aromatic N) is 1. The number of carboxylic acid groups (broad SMARTS) is 1. The van der Waals surface area contributed by atoms with Crippen molar-refractivity contribution < 1.29 is 32.6 Å². The maximum absolute atomic E-state index is 13.1. The lowest BCUT2D eigenvalue weighted by Crippen LogP contribution is -2.22. The maximum Gasteiger partial charge on any atom is 0.341 e. The second-order valence-corrected chi connectivity index (χ2v) is 11.2. The second kappa shape index (κ2) is 10.1. The number of hydrogen-bond donors (Lipinski definition) is 3. The van der Waals surface area contributed by atoms with E-state index in [0.29, 0.717) is 10.8 Å². The predicted molar refractivity (Wildman–Crippen MR) is 138 cm³/mol. The molecule has 10 nitrogen and oxygen atoms in total. The minimum Gasteiger partial charge on any atom is -0.482 e. The van der Waals surface area contributed by atoms with Gasteiger partial charge in [0.05, 0.1) is 27.6 Å². The number of rotatable bonds is 7. The zero-order valence-electron chi connectivity index (χ0n) is 19.5. The third-order valence-corrected chi connectivity index (χ3v) is 8.56. The van der Waals surface area contributed by atoms with Crippen LogP contribution in [0.1, 0.15) is 25.6 Å². The first kappa shape index (κ1) is 25.1. The van der Waals surface area contributed by atoms with E-state index in [4.69, 9.17) is 9.84 Å². The van der Waals surface area contributed by atoms with Crippen molar-refractivity contribution in [2.45, 2.75) is 16.3 Å². The summed E-state index contributed by atoms with van der Waals surface area (Å²) in [7, 11) is -3.96. The largest absolute Gasteiger partial charge is 0.482 e. The van der Waals surface area contributed by atoms with E-state index in [1.165, 1.54) is 41.7 Å². The van der Waals surface area contributed by atoms with E-state index in [1.807, 2.05) is 0 Å². The molecular weight excluding hydrogens is 530 g/mol. The molecule has 0 saturated carbocycles. The molecule has 0 spiro atoms. The zero-order chi connectivity index (χ0) is 26.9. The SMILES string of the molecule is O=C(O)COc1ccc(-c2ncc(CNC(=O)c3ccc4c(c3)NC(=O)c3ccccc3S4(=O)=O)s2)cc1. The highest BCUT2D eigenvalue weighted by atomic mass is 32.2. The summed E-state index contributed by atoms with van der Waals surface area (Å²) in [6, 6.07) is 16.8. The summed E-state index contributed by atoms with van der Waals surface area (Å²) in [6.07, 6.45) is 1.64. The molecule has 0 atom stereocenters. The topological polar surface area (TPSA) is 152 Å². The summed E-state index contributed by atoms with van der Waals surface area (Å²) >= 11 is 1.37. The van der Waals surface area contributed by atoms with Crippen LogP contribution in [-0.2, 0) is 21.2 Å². The van der Waals surface area contributed by atoms with Gasteiger partial charge in [0.25, 0.3) is 11.8 Å². The monoisotopic (exact) mass is 549 g/mol. The third-order valence-electron chi connectivity index (χ3n) is 5.64. The lowest BCUT2D eigenvalue weighted by molar-refractivity contribution is -0.139. The third kappa shape index (κ3) is 4.99. The van der Waals surface area contributed by atoms with Gasteiger partial charge in [0.2, 0.25) is 9.84 Å². The van der Waals surface area contributed by atoms with Crippen LogP contribution >= 0.6 is 11.3 Å². The fraction of sp³-hybridized carbons (Fsp3) is 0.0769. The van der Waals surface area contributed by atoms with Gasteiger partial charge in [0, 0.05) is 22.2 Å². The number of carboxylic acids is 1. The highest BCUT2D eigenvalue weighted by Gasteiger charge is 2.31. The maximum atomic E-state index is 13.1. The summed E-state index contributed by atoms with van der Waals surface area (Å²) < 4.78 is 31.4. The van der Waals surface area contributed by atoms with Gasteiger partial charge in [-0.15, -0.1) is 11.3 Å². The lowest BCUT2D eigenvalue weighted by Gasteiger charge is -2.10. The van der Waals surface area contributed by atoms with Crippen molar-refractivity contribution >= 4 is 44.6 Å². The molecule has 12 heteroatoms. The number of anilines is 1. The number of amides is 2. The van der Waals surface area contributed by atoms with Gasteiger partial charge in [-0.05, 0) is 54.6 Å². The number of hydrogen-bond acceptors (Lipinski definition) is 8. The lowest BCUT2D eigenvalue weighted by atomic mass is 10.1. The molecule has 0 unspecified atom stereocenters. The molecule has 0 fully saturated rings. The van der Waals surface area contributed by atoms with Crippen molar-refractivity contribution in [1.82, 2.24) is 10.3 Å². The van der Waals surface area contributed by atoms with E-state index in [0.717, 1.165) is 10.4 Å². The Morgan fingerprint density at radius 2 is 1.79 bits per heavy atom. The normalized spacial score (nSPS) is 13.4. The number of fused-ring (bicyclic) bond motifs is 2. The first-order valence-corrected chi connectivity index (χ1v) is 13.5. The smallest absolute Gasteiger partial charge is 0.341 e. The van der Waals surface area contributed by atoms with Gasteiger partial charge in [-0.2, -0.15) is 0 Å². The van der Waals surface area contributed by atoms with Gasteiger partial charge < -0.3 is 20.5 Å². The Labute approximate surface area is 220 Å². The molecule has 5 rings (SSSR count). The van der Waals surface area contributed by atoms with Crippen LogP contribution < -0.4 is 15.4 Å². The second-order valence-electron chi connectivity index (χ2n) is 8.19. The number of carbonyl (C=O) groups excluding carboxylic acids is 2. The number of carbonyl (C=O) groups is 3. The van der Waals surface area contributed by atoms with Crippen molar-refractivity contribution in [2.75, 3.05) is 11.9 Å². The van der Waals surface area contributed by atoms with Gasteiger partial charge in [0.1, 0.15) is 10.8 Å². The number of nitrogens with one attached hydrogen (secondary N) is 2. The summed E-state index contributed by atoms with van der Waals surface area (Å²) in [6.45, 7) is -0.246. The summed E-state index contributed by atoms with van der Waals surface area (Å²) in [5.74, 6) is -1.66. The molecule has 4 aromatic rings. The van der Waals surface area contributed by atoms with Gasteiger partial charge in [-0.25, -0.2) is 18.2 Å². The Hall–Kier alpha value is -4.55. The van der Waals surface area contributed by atoms with E-state index >= 15 is 0 Å². The molecule has 1 aromatic heterocycles. The zero-order valence-corrected chi connectivity index (χ0v) is 21.1.